The summed E-state index contributed by atoms with van der Waals surface area (Å²) in [7, 11) is -3.23. The molecule has 0 aliphatic rings. The molecule has 0 atom stereocenters. The molecule has 0 spiro atoms. The highest BCUT2D eigenvalue weighted by molar-refractivity contribution is 7.93. The zero-order valence-corrected chi connectivity index (χ0v) is 12.3. The molecule has 0 unspecified atom stereocenters. The quantitative estimate of drug-likeness (QED) is 0.769. The van der Waals surface area contributed by atoms with Crippen LogP contribution in [0.3, 0.4) is 0 Å². The molecule has 0 saturated carbocycles. The van der Waals surface area contributed by atoms with Crippen molar-refractivity contribution in [1.29, 1.82) is 0 Å². The summed E-state index contributed by atoms with van der Waals surface area (Å²) in [5.74, 6) is 0. The monoisotopic (exact) mass is 269 g/mol. The Morgan fingerprint density at radius 1 is 1.11 bits per heavy atom. The number of unbranched alkanes of at least 4 members (excludes halogenated alkanes) is 2. The molecule has 1 rings (SSSR count). The second kappa shape index (κ2) is 6.78. The molecule has 0 bridgehead atoms. The van der Waals surface area contributed by atoms with Crippen LogP contribution >= 0.6 is 0 Å². The van der Waals surface area contributed by atoms with Crippen molar-refractivity contribution >= 4 is 15.7 Å². The van der Waals surface area contributed by atoms with Crippen LogP contribution < -0.4 is 4.72 Å². The maximum absolute atomic E-state index is 11.7. The summed E-state index contributed by atoms with van der Waals surface area (Å²) < 4.78 is 26.0. The minimum absolute atomic E-state index is 0.415. The first-order chi connectivity index (χ1) is 8.45. The van der Waals surface area contributed by atoms with Gasteiger partial charge in [0.15, 0.2) is 0 Å². The summed E-state index contributed by atoms with van der Waals surface area (Å²) in [4.78, 5) is 0. The summed E-state index contributed by atoms with van der Waals surface area (Å²) in [5, 5.41) is -0.415. The van der Waals surface area contributed by atoms with E-state index in [4.69, 9.17) is 0 Å². The van der Waals surface area contributed by atoms with Crippen molar-refractivity contribution in [2.24, 2.45) is 0 Å². The second-order valence-corrected chi connectivity index (χ2v) is 7.09. The van der Waals surface area contributed by atoms with Crippen molar-refractivity contribution in [2.45, 2.75) is 51.7 Å². The molecule has 0 heterocycles. The Morgan fingerprint density at radius 3 is 2.22 bits per heavy atom. The molecule has 0 aliphatic carbocycles. The number of benzene rings is 1. The van der Waals surface area contributed by atoms with Gasteiger partial charge >= 0.3 is 0 Å². The molecule has 0 aromatic heterocycles. The van der Waals surface area contributed by atoms with Crippen LogP contribution in [-0.4, -0.2) is 13.7 Å². The zero-order valence-electron chi connectivity index (χ0n) is 11.4. The zero-order chi connectivity index (χ0) is 13.6. The summed E-state index contributed by atoms with van der Waals surface area (Å²) >= 11 is 0. The minimum Gasteiger partial charge on any atom is -0.283 e. The lowest BCUT2D eigenvalue weighted by molar-refractivity contribution is 0.593. The lowest BCUT2D eigenvalue weighted by Crippen LogP contribution is -2.22. The van der Waals surface area contributed by atoms with E-state index in [1.54, 1.807) is 13.8 Å². The third kappa shape index (κ3) is 4.69. The highest BCUT2D eigenvalue weighted by Gasteiger charge is 2.15. The average Bonchev–Trinajstić information content (AvgIpc) is 2.31. The standard InChI is InChI=1S/C14H23NO2S/c1-4-5-6-7-13-8-10-14(11-9-13)15-18(16,17)12(2)3/h8-12,15H,4-7H2,1-3H3. The van der Waals surface area contributed by atoms with Gasteiger partial charge in [0, 0.05) is 5.69 Å². The van der Waals surface area contributed by atoms with Crippen LogP contribution in [0.1, 0.15) is 45.6 Å². The summed E-state index contributed by atoms with van der Waals surface area (Å²) in [5.41, 5.74) is 1.90. The largest absolute Gasteiger partial charge is 0.283 e. The molecule has 1 N–H and O–H groups in total. The Kier molecular flexibility index (Phi) is 5.66. The smallest absolute Gasteiger partial charge is 0.235 e. The molecule has 4 heteroatoms. The van der Waals surface area contributed by atoms with E-state index >= 15 is 0 Å². The normalized spacial score (nSPS) is 11.8. The maximum atomic E-state index is 11.7. The number of hydrogen-bond donors (Lipinski definition) is 1. The third-order valence-corrected chi connectivity index (χ3v) is 4.67. The highest BCUT2D eigenvalue weighted by Crippen LogP contribution is 2.15. The molecule has 0 amide bonds. The van der Waals surface area contributed by atoms with Gasteiger partial charge in [0.25, 0.3) is 0 Å². The summed E-state index contributed by atoms with van der Waals surface area (Å²) in [6, 6.07) is 7.66. The van der Waals surface area contributed by atoms with Crippen LogP contribution in [-0.2, 0) is 16.4 Å². The Morgan fingerprint density at radius 2 is 1.72 bits per heavy atom. The Labute approximate surface area is 111 Å². The number of nitrogens with one attached hydrogen (secondary N) is 1. The molecule has 0 radical (unpaired) electrons. The Bertz CT molecular complexity index is 449. The fourth-order valence-corrected chi connectivity index (χ4v) is 2.30. The number of rotatable bonds is 7. The lowest BCUT2D eigenvalue weighted by Gasteiger charge is -2.11. The van der Waals surface area contributed by atoms with E-state index in [1.165, 1.54) is 24.8 Å². The van der Waals surface area contributed by atoms with Gasteiger partial charge < -0.3 is 0 Å². The lowest BCUT2D eigenvalue weighted by atomic mass is 10.1. The van der Waals surface area contributed by atoms with E-state index in [0.717, 1.165) is 6.42 Å². The first-order valence-corrected chi connectivity index (χ1v) is 8.11. The van der Waals surface area contributed by atoms with Gasteiger partial charge in [-0.2, -0.15) is 0 Å². The topological polar surface area (TPSA) is 46.2 Å². The molecule has 3 nitrogen and oxygen atoms in total. The molecule has 1 aromatic carbocycles. The van der Waals surface area contributed by atoms with Crippen LogP contribution in [0.25, 0.3) is 0 Å². The van der Waals surface area contributed by atoms with Gasteiger partial charge in [-0.15, -0.1) is 0 Å². The van der Waals surface area contributed by atoms with E-state index in [-0.39, 0.29) is 0 Å². The average molecular weight is 269 g/mol. The van der Waals surface area contributed by atoms with Gasteiger partial charge in [-0.1, -0.05) is 31.9 Å². The highest BCUT2D eigenvalue weighted by atomic mass is 32.2. The van der Waals surface area contributed by atoms with Crippen molar-refractivity contribution in [3.8, 4) is 0 Å². The van der Waals surface area contributed by atoms with Crippen molar-refractivity contribution in [2.75, 3.05) is 4.72 Å². The third-order valence-electron chi connectivity index (χ3n) is 2.90. The van der Waals surface area contributed by atoms with Gasteiger partial charge in [-0.05, 0) is 44.4 Å². The van der Waals surface area contributed by atoms with Crippen molar-refractivity contribution in [1.82, 2.24) is 0 Å². The van der Waals surface area contributed by atoms with Gasteiger partial charge in [-0.3, -0.25) is 4.72 Å². The minimum atomic E-state index is -3.23. The number of sulfonamides is 1. The van der Waals surface area contributed by atoms with E-state index in [9.17, 15) is 8.42 Å². The van der Waals surface area contributed by atoms with Gasteiger partial charge in [0.1, 0.15) is 0 Å². The fourth-order valence-electron chi connectivity index (χ4n) is 1.60. The van der Waals surface area contributed by atoms with E-state index in [2.05, 4.69) is 11.6 Å². The predicted molar refractivity (Wildman–Crippen MR) is 77.3 cm³/mol. The molecule has 1 aromatic rings. The van der Waals surface area contributed by atoms with E-state index < -0.39 is 15.3 Å². The predicted octanol–water partition coefficient (Wildman–Crippen LogP) is 3.57. The van der Waals surface area contributed by atoms with Crippen LogP contribution in [0.15, 0.2) is 24.3 Å². The van der Waals surface area contributed by atoms with Crippen LogP contribution in [0.5, 0.6) is 0 Å². The number of hydrogen-bond acceptors (Lipinski definition) is 2. The number of anilines is 1. The first kappa shape index (κ1) is 15.0. The van der Waals surface area contributed by atoms with Crippen LogP contribution in [0.4, 0.5) is 5.69 Å². The molecule has 0 saturated heterocycles. The molecular formula is C14H23NO2S. The molecule has 102 valence electrons. The molecule has 0 fully saturated rings. The second-order valence-electron chi connectivity index (χ2n) is 4.85. The fraction of sp³-hybridized carbons (Fsp3) is 0.571. The summed E-state index contributed by atoms with van der Waals surface area (Å²) in [6.07, 6.45) is 4.70. The Hall–Kier alpha value is -1.03. The van der Waals surface area contributed by atoms with Gasteiger partial charge in [0.2, 0.25) is 10.0 Å². The van der Waals surface area contributed by atoms with Gasteiger partial charge in [-0.25, -0.2) is 8.42 Å². The molecule has 0 aliphatic heterocycles. The molecular weight excluding hydrogens is 246 g/mol. The SMILES string of the molecule is CCCCCc1ccc(NS(=O)(=O)C(C)C)cc1. The Balaban J connectivity index is 2.61. The van der Waals surface area contributed by atoms with E-state index in [0.29, 0.717) is 5.69 Å². The molecule has 18 heavy (non-hydrogen) atoms. The maximum Gasteiger partial charge on any atom is 0.235 e. The van der Waals surface area contributed by atoms with Crippen molar-refractivity contribution in [3.63, 3.8) is 0 Å². The van der Waals surface area contributed by atoms with Crippen molar-refractivity contribution < 1.29 is 8.42 Å². The van der Waals surface area contributed by atoms with Gasteiger partial charge in [0.05, 0.1) is 5.25 Å². The number of aryl methyl sites for hydroxylation is 1. The summed E-state index contributed by atoms with van der Waals surface area (Å²) in [6.45, 7) is 5.52. The van der Waals surface area contributed by atoms with Crippen LogP contribution in [0.2, 0.25) is 0 Å². The van der Waals surface area contributed by atoms with Crippen molar-refractivity contribution in [3.05, 3.63) is 29.8 Å². The van der Waals surface area contributed by atoms with E-state index in [1.807, 2.05) is 24.3 Å². The van der Waals surface area contributed by atoms with Crippen LogP contribution in [0, 0.1) is 0 Å². The first-order valence-electron chi connectivity index (χ1n) is 6.56.